The van der Waals surface area contributed by atoms with Gasteiger partial charge in [0.1, 0.15) is 0 Å². The summed E-state index contributed by atoms with van der Waals surface area (Å²) >= 11 is 0. The minimum atomic E-state index is -0.0622. The van der Waals surface area contributed by atoms with Crippen LogP contribution in [0, 0.1) is 0 Å². The number of benzene rings is 1. The van der Waals surface area contributed by atoms with Crippen molar-refractivity contribution in [2.75, 3.05) is 13.2 Å². The van der Waals surface area contributed by atoms with Gasteiger partial charge in [0.2, 0.25) is 0 Å². The van der Waals surface area contributed by atoms with E-state index in [-0.39, 0.29) is 11.1 Å². The molecule has 2 unspecified atom stereocenters. The Balaban J connectivity index is 1.84. The summed E-state index contributed by atoms with van der Waals surface area (Å²) in [5.74, 6) is 0.680. The molecule has 2 aliphatic heterocycles. The topological polar surface area (TPSA) is 50.9 Å². The van der Waals surface area contributed by atoms with E-state index < -0.39 is 0 Å². The fourth-order valence-electron chi connectivity index (χ4n) is 3.57. The summed E-state index contributed by atoms with van der Waals surface area (Å²) in [6, 6.07) is 10.5. The highest BCUT2D eigenvalue weighted by Crippen LogP contribution is 2.41. The van der Waals surface area contributed by atoms with E-state index in [1.807, 2.05) is 6.07 Å². The van der Waals surface area contributed by atoms with Gasteiger partial charge in [0.05, 0.1) is 17.7 Å². The lowest BCUT2D eigenvalue weighted by Gasteiger charge is -2.48. The van der Waals surface area contributed by atoms with Crippen LogP contribution in [0.1, 0.15) is 38.7 Å². The van der Waals surface area contributed by atoms with E-state index in [1.165, 1.54) is 5.56 Å². The van der Waals surface area contributed by atoms with Crippen molar-refractivity contribution in [1.82, 2.24) is 4.90 Å². The molecule has 1 aromatic carbocycles. The van der Waals surface area contributed by atoms with Gasteiger partial charge in [-0.25, -0.2) is 0 Å². The Bertz CT molecular complexity index is 530. The van der Waals surface area contributed by atoms with Gasteiger partial charge in [-0.15, -0.1) is 0 Å². The van der Waals surface area contributed by atoms with Crippen molar-refractivity contribution in [2.45, 2.75) is 50.8 Å². The quantitative estimate of drug-likeness (QED) is 0.929. The Morgan fingerprint density at radius 3 is 2.81 bits per heavy atom. The van der Waals surface area contributed by atoms with Gasteiger partial charge in [0, 0.05) is 19.6 Å². The molecule has 1 spiro atoms. The SMILES string of the molecule is CCC1(C)CC2(CCO1)CN=C(N)N2Cc1ccccc1. The molecular formula is C17H25N3O. The fraction of sp³-hybridized carbons (Fsp3) is 0.588. The number of guanidine groups is 1. The third-order valence-corrected chi connectivity index (χ3v) is 5.04. The first-order valence-corrected chi connectivity index (χ1v) is 7.82. The lowest BCUT2D eigenvalue weighted by atomic mass is 9.78. The van der Waals surface area contributed by atoms with Crippen LogP contribution < -0.4 is 5.73 Å². The number of nitrogens with two attached hydrogens (primary N) is 1. The Hall–Kier alpha value is -1.55. The standard InChI is InChI=1S/C17H25N3O/c1-3-16(2)12-17(9-10-21-16)13-19-15(18)20(17)11-14-7-5-4-6-8-14/h4-8H,3,9-13H2,1-2H3,(H2,18,19). The van der Waals surface area contributed by atoms with E-state index in [0.717, 1.165) is 39.0 Å². The summed E-state index contributed by atoms with van der Waals surface area (Å²) in [7, 11) is 0. The highest BCUT2D eigenvalue weighted by Gasteiger charge is 2.49. The molecule has 4 nitrogen and oxygen atoms in total. The van der Waals surface area contributed by atoms with Crippen LogP contribution in [0.4, 0.5) is 0 Å². The van der Waals surface area contributed by atoms with Crippen molar-refractivity contribution in [1.29, 1.82) is 0 Å². The average Bonchev–Trinajstić information content (AvgIpc) is 2.78. The van der Waals surface area contributed by atoms with Crippen LogP contribution in [0.15, 0.2) is 35.3 Å². The predicted molar refractivity (Wildman–Crippen MR) is 85.1 cm³/mol. The van der Waals surface area contributed by atoms with Crippen molar-refractivity contribution >= 4 is 5.96 Å². The summed E-state index contributed by atoms with van der Waals surface area (Å²) < 4.78 is 6.02. The molecule has 114 valence electrons. The van der Waals surface area contributed by atoms with Gasteiger partial charge in [-0.05, 0) is 25.3 Å². The maximum Gasteiger partial charge on any atom is 0.192 e. The molecule has 2 heterocycles. The normalized spacial score (nSPS) is 32.5. The summed E-state index contributed by atoms with van der Waals surface area (Å²) in [5, 5.41) is 0. The average molecular weight is 287 g/mol. The minimum Gasteiger partial charge on any atom is -0.375 e. The molecular weight excluding hydrogens is 262 g/mol. The zero-order valence-corrected chi connectivity index (χ0v) is 13.0. The second-order valence-corrected chi connectivity index (χ2v) is 6.55. The highest BCUT2D eigenvalue weighted by atomic mass is 16.5. The first kappa shape index (κ1) is 14.4. The monoisotopic (exact) mass is 287 g/mol. The molecule has 1 saturated heterocycles. The second kappa shape index (κ2) is 5.34. The number of nitrogens with zero attached hydrogens (tertiary/aromatic N) is 2. The first-order valence-electron chi connectivity index (χ1n) is 7.82. The number of rotatable bonds is 3. The van der Waals surface area contributed by atoms with Gasteiger partial charge in [0.25, 0.3) is 0 Å². The van der Waals surface area contributed by atoms with E-state index in [4.69, 9.17) is 10.5 Å². The molecule has 1 aromatic rings. The molecule has 2 N–H and O–H groups in total. The molecule has 1 fully saturated rings. The molecule has 4 heteroatoms. The van der Waals surface area contributed by atoms with E-state index in [9.17, 15) is 0 Å². The van der Waals surface area contributed by atoms with Gasteiger partial charge in [-0.3, -0.25) is 4.99 Å². The molecule has 2 aliphatic rings. The minimum absolute atomic E-state index is 0.0307. The Morgan fingerprint density at radius 2 is 2.10 bits per heavy atom. The second-order valence-electron chi connectivity index (χ2n) is 6.55. The smallest absolute Gasteiger partial charge is 0.192 e. The van der Waals surface area contributed by atoms with Crippen LogP contribution in [-0.2, 0) is 11.3 Å². The fourth-order valence-corrected chi connectivity index (χ4v) is 3.57. The molecule has 3 rings (SSSR count). The van der Waals surface area contributed by atoms with Gasteiger partial charge in [-0.2, -0.15) is 0 Å². The molecule has 21 heavy (non-hydrogen) atoms. The number of hydrogen-bond donors (Lipinski definition) is 1. The Labute approximate surface area is 127 Å². The Morgan fingerprint density at radius 1 is 1.33 bits per heavy atom. The zero-order chi connectivity index (χ0) is 14.9. The number of hydrogen-bond acceptors (Lipinski definition) is 4. The van der Waals surface area contributed by atoms with Crippen LogP contribution in [0.3, 0.4) is 0 Å². The van der Waals surface area contributed by atoms with Crippen LogP contribution in [0.5, 0.6) is 0 Å². The lowest BCUT2D eigenvalue weighted by Crippen LogP contribution is -2.58. The molecule has 0 aliphatic carbocycles. The van der Waals surface area contributed by atoms with Crippen molar-refractivity contribution in [2.24, 2.45) is 10.7 Å². The van der Waals surface area contributed by atoms with Crippen LogP contribution >= 0.6 is 0 Å². The zero-order valence-electron chi connectivity index (χ0n) is 13.0. The van der Waals surface area contributed by atoms with Gasteiger partial charge in [-0.1, -0.05) is 37.3 Å². The van der Waals surface area contributed by atoms with E-state index in [1.54, 1.807) is 0 Å². The highest BCUT2D eigenvalue weighted by molar-refractivity contribution is 5.81. The summed E-state index contributed by atoms with van der Waals surface area (Å²) in [6.07, 6.45) is 3.01. The summed E-state index contributed by atoms with van der Waals surface area (Å²) in [5.41, 5.74) is 7.45. The van der Waals surface area contributed by atoms with E-state index >= 15 is 0 Å². The van der Waals surface area contributed by atoms with Crippen molar-refractivity contribution in [3.05, 3.63) is 35.9 Å². The maximum absolute atomic E-state index is 6.20. The third-order valence-electron chi connectivity index (χ3n) is 5.04. The van der Waals surface area contributed by atoms with E-state index in [2.05, 4.69) is 48.0 Å². The van der Waals surface area contributed by atoms with Gasteiger partial charge >= 0.3 is 0 Å². The largest absolute Gasteiger partial charge is 0.375 e. The van der Waals surface area contributed by atoms with Crippen LogP contribution in [0.25, 0.3) is 0 Å². The molecule has 0 amide bonds. The molecule has 0 aromatic heterocycles. The lowest BCUT2D eigenvalue weighted by molar-refractivity contribution is -0.115. The van der Waals surface area contributed by atoms with Gasteiger partial charge in [0.15, 0.2) is 5.96 Å². The summed E-state index contributed by atoms with van der Waals surface area (Å²) in [6.45, 7) is 6.82. The van der Waals surface area contributed by atoms with Crippen molar-refractivity contribution in [3.63, 3.8) is 0 Å². The van der Waals surface area contributed by atoms with Crippen LogP contribution in [0.2, 0.25) is 0 Å². The molecule has 2 atom stereocenters. The molecule has 0 radical (unpaired) electrons. The molecule has 0 bridgehead atoms. The number of ether oxygens (including phenoxy) is 1. The summed E-state index contributed by atoms with van der Waals surface area (Å²) in [4.78, 5) is 6.86. The number of aliphatic imine (C=N–C) groups is 1. The Kier molecular flexibility index (Phi) is 3.66. The van der Waals surface area contributed by atoms with Crippen LogP contribution in [-0.4, -0.2) is 35.2 Å². The van der Waals surface area contributed by atoms with Crippen molar-refractivity contribution in [3.8, 4) is 0 Å². The van der Waals surface area contributed by atoms with E-state index in [0.29, 0.717) is 5.96 Å². The first-order chi connectivity index (χ1) is 10.1. The maximum atomic E-state index is 6.20. The molecule has 0 saturated carbocycles. The third kappa shape index (κ3) is 2.64. The van der Waals surface area contributed by atoms with Crippen molar-refractivity contribution < 1.29 is 4.74 Å². The predicted octanol–water partition coefficient (Wildman–Crippen LogP) is 2.53. The van der Waals surface area contributed by atoms with Gasteiger partial charge < -0.3 is 15.4 Å².